The molecule has 0 spiro atoms. The maximum atomic E-state index is 11.9. The van der Waals surface area contributed by atoms with Gasteiger partial charge in [-0.05, 0) is 51.7 Å². The van der Waals surface area contributed by atoms with Crippen LogP contribution in [0.15, 0.2) is 36.4 Å². The van der Waals surface area contributed by atoms with Crippen LogP contribution in [0.3, 0.4) is 0 Å². The minimum atomic E-state index is -0.144. The molecule has 0 radical (unpaired) electrons. The summed E-state index contributed by atoms with van der Waals surface area (Å²) in [5.74, 6) is 0.675. The Bertz CT molecular complexity index is 757. The molecule has 0 N–H and O–H groups in total. The SMILES string of the molecule is CC(C)Oc1ccccc1N1CCN(C2CCC(N3C(=O)C=CC3=O)CC2)CC1. The van der Waals surface area contributed by atoms with E-state index in [4.69, 9.17) is 4.74 Å². The first-order valence-electron chi connectivity index (χ1n) is 10.8. The van der Waals surface area contributed by atoms with E-state index < -0.39 is 0 Å². The van der Waals surface area contributed by atoms with Crippen LogP contribution in [0.4, 0.5) is 5.69 Å². The monoisotopic (exact) mass is 397 g/mol. The van der Waals surface area contributed by atoms with E-state index in [1.807, 2.05) is 6.07 Å². The number of anilines is 1. The van der Waals surface area contributed by atoms with E-state index in [1.165, 1.54) is 22.7 Å². The van der Waals surface area contributed by atoms with Gasteiger partial charge in [0.05, 0.1) is 11.8 Å². The molecule has 6 nitrogen and oxygen atoms in total. The molecule has 156 valence electrons. The van der Waals surface area contributed by atoms with Gasteiger partial charge in [0, 0.05) is 50.4 Å². The number of hydrogen-bond acceptors (Lipinski definition) is 5. The standard InChI is InChI=1S/C23H31N3O3/c1-17(2)29-21-6-4-3-5-20(21)25-15-13-24(14-16-25)18-7-9-19(10-8-18)26-22(27)11-12-23(26)28/h3-6,11-12,17-19H,7-10,13-16H2,1-2H3. The van der Waals surface area contributed by atoms with E-state index >= 15 is 0 Å². The third kappa shape index (κ3) is 4.32. The Kier molecular flexibility index (Phi) is 5.90. The van der Waals surface area contributed by atoms with Crippen LogP contribution in [0.25, 0.3) is 0 Å². The Morgan fingerprint density at radius 3 is 2.07 bits per heavy atom. The number of para-hydroxylation sites is 2. The highest BCUT2D eigenvalue weighted by atomic mass is 16.5. The van der Waals surface area contributed by atoms with E-state index in [2.05, 4.69) is 41.8 Å². The fraction of sp³-hybridized carbons (Fsp3) is 0.565. The summed E-state index contributed by atoms with van der Waals surface area (Å²) < 4.78 is 6.00. The molecule has 4 rings (SSSR count). The van der Waals surface area contributed by atoms with Gasteiger partial charge in [-0.2, -0.15) is 0 Å². The number of benzene rings is 1. The van der Waals surface area contributed by atoms with Crippen molar-refractivity contribution >= 4 is 17.5 Å². The van der Waals surface area contributed by atoms with Crippen LogP contribution in [0.1, 0.15) is 39.5 Å². The molecular formula is C23H31N3O3. The lowest BCUT2D eigenvalue weighted by Crippen LogP contribution is -2.52. The van der Waals surface area contributed by atoms with Gasteiger partial charge in [0.15, 0.2) is 0 Å². The second kappa shape index (κ2) is 8.57. The van der Waals surface area contributed by atoms with E-state index in [0.717, 1.165) is 57.6 Å². The number of carbonyl (C=O) groups is 2. The average molecular weight is 398 g/mol. The first kappa shape index (κ1) is 20.0. The highest BCUT2D eigenvalue weighted by Gasteiger charge is 2.36. The van der Waals surface area contributed by atoms with Crippen molar-refractivity contribution in [2.45, 2.75) is 57.7 Å². The highest BCUT2D eigenvalue weighted by Crippen LogP contribution is 2.32. The molecule has 2 heterocycles. The Hall–Kier alpha value is -2.34. The normalized spacial score (nSPS) is 25.9. The minimum Gasteiger partial charge on any atom is -0.489 e. The van der Waals surface area contributed by atoms with Gasteiger partial charge in [0.25, 0.3) is 11.8 Å². The Morgan fingerprint density at radius 1 is 0.862 bits per heavy atom. The fourth-order valence-electron chi connectivity index (χ4n) is 4.85. The molecule has 0 unspecified atom stereocenters. The summed E-state index contributed by atoms with van der Waals surface area (Å²) >= 11 is 0. The summed E-state index contributed by atoms with van der Waals surface area (Å²) in [6, 6.07) is 8.93. The lowest BCUT2D eigenvalue weighted by Gasteiger charge is -2.43. The van der Waals surface area contributed by atoms with Crippen LogP contribution in [0, 0.1) is 0 Å². The summed E-state index contributed by atoms with van der Waals surface area (Å²) in [7, 11) is 0. The van der Waals surface area contributed by atoms with Gasteiger partial charge in [-0.25, -0.2) is 0 Å². The summed E-state index contributed by atoms with van der Waals surface area (Å²) in [5.41, 5.74) is 1.18. The van der Waals surface area contributed by atoms with Crippen molar-refractivity contribution in [3.05, 3.63) is 36.4 Å². The number of ether oxygens (including phenoxy) is 1. The van der Waals surface area contributed by atoms with E-state index in [0.29, 0.717) is 6.04 Å². The summed E-state index contributed by atoms with van der Waals surface area (Å²) in [4.78, 5) is 30.3. The molecule has 6 heteroatoms. The minimum absolute atomic E-state index is 0.0719. The van der Waals surface area contributed by atoms with Crippen LogP contribution in [0.5, 0.6) is 5.75 Å². The molecule has 2 aliphatic heterocycles. The third-order valence-electron chi connectivity index (χ3n) is 6.27. The van der Waals surface area contributed by atoms with Crippen molar-refractivity contribution in [1.29, 1.82) is 0 Å². The number of rotatable bonds is 5. The van der Waals surface area contributed by atoms with Crippen molar-refractivity contribution < 1.29 is 14.3 Å². The summed E-state index contributed by atoms with van der Waals surface area (Å²) in [6.45, 7) is 8.18. The predicted molar refractivity (Wildman–Crippen MR) is 113 cm³/mol. The van der Waals surface area contributed by atoms with Gasteiger partial charge in [0.1, 0.15) is 5.75 Å². The molecule has 1 aromatic rings. The van der Waals surface area contributed by atoms with Crippen molar-refractivity contribution in [2.75, 3.05) is 31.1 Å². The van der Waals surface area contributed by atoms with Gasteiger partial charge in [0.2, 0.25) is 0 Å². The predicted octanol–water partition coefficient (Wildman–Crippen LogP) is 2.83. The second-order valence-electron chi connectivity index (χ2n) is 8.50. The number of imide groups is 1. The zero-order chi connectivity index (χ0) is 20.4. The van der Waals surface area contributed by atoms with Crippen LogP contribution < -0.4 is 9.64 Å². The van der Waals surface area contributed by atoms with Gasteiger partial charge in [-0.1, -0.05) is 12.1 Å². The summed E-state index contributed by atoms with van der Waals surface area (Å²) in [6.07, 6.45) is 6.88. The molecule has 29 heavy (non-hydrogen) atoms. The molecule has 0 bridgehead atoms. The number of amides is 2. The van der Waals surface area contributed by atoms with E-state index in [9.17, 15) is 9.59 Å². The second-order valence-corrected chi connectivity index (χ2v) is 8.50. The van der Waals surface area contributed by atoms with E-state index in [1.54, 1.807) is 0 Å². The molecule has 0 atom stereocenters. The van der Waals surface area contributed by atoms with Gasteiger partial charge in [-0.15, -0.1) is 0 Å². The Labute approximate surface area is 173 Å². The maximum absolute atomic E-state index is 11.9. The zero-order valence-corrected chi connectivity index (χ0v) is 17.4. The molecule has 1 aromatic carbocycles. The summed E-state index contributed by atoms with van der Waals surface area (Å²) in [5, 5.41) is 0. The molecule has 0 aromatic heterocycles. The first-order chi connectivity index (χ1) is 14.0. The lowest BCUT2D eigenvalue weighted by molar-refractivity contribution is -0.140. The fourth-order valence-corrected chi connectivity index (χ4v) is 4.85. The van der Waals surface area contributed by atoms with Gasteiger partial charge < -0.3 is 9.64 Å². The Balaban J connectivity index is 1.30. The average Bonchev–Trinajstić information content (AvgIpc) is 3.06. The number of piperazine rings is 1. The maximum Gasteiger partial charge on any atom is 0.253 e. The number of carbonyl (C=O) groups excluding carboxylic acids is 2. The van der Waals surface area contributed by atoms with Gasteiger partial charge in [-0.3, -0.25) is 19.4 Å². The van der Waals surface area contributed by atoms with Crippen LogP contribution in [0.2, 0.25) is 0 Å². The smallest absolute Gasteiger partial charge is 0.253 e. The molecule has 1 saturated heterocycles. The molecule has 2 amide bonds. The third-order valence-corrected chi connectivity index (χ3v) is 6.27. The van der Waals surface area contributed by atoms with E-state index in [-0.39, 0.29) is 24.0 Å². The van der Waals surface area contributed by atoms with Gasteiger partial charge >= 0.3 is 0 Å². The van der Waals surface area contributed by atoms with Crippen molar-refractivity contribution in [3.8, 4) is 5.75 Å². The topological polar surface area (TPSA) is 53.1 Å². The van der Waals surface area contributed by atoms with Crippen molar-refractivity contribution in [1.82, 2.24) is 9.80 Å². The van der Waals surface area contributed by atoms with Crippen LogP contribution >= 0.6 is 0 Å². The zero-order valence-electron chi connectivity index (χ0n) is 17.4. The highest BCUT2D eigenvalue weighted by molar-refractivity contribution is 6.13. The van der Waals surface area contributed by atoms with Crippen LogP contribution in [-0.2, 0) is 9.59 Å². The van der Waals surface area contributed by atoms with Crippen LogP contribution in [-0.4, -0.2) is 66.0 Å². The van der Waals surface area contributed by atoms with Crippen molar-refractivity contribution in [3.63, 3.8) is 0 Å². The molecule has 1 saturated carbocycles. The molecular weight excluding hydrogens is 366 g/mol. The van der Waals surface area contributed by atoms with Crippen molar-refractivity contribution in [2.24, 2.45) is 0 Å². The number of nitrogens with zero attached hydrogens (tertiary/aromatic N) is 3. The molecule has 3 aliphatic rings. The Morgan fingerprint density at radius 2 is 1.45 bits per heavy atom. The molecule has 2 fully saturated rings. The quantitative estimate of drug-likeness (QED) is 0.715. The lowest BCUT2D eigenvalue weighted by atomic mass is 9.89. The first-order valence-corrected chi connectivity index (χ1v) is 10.8. The molecule has 1 aliphatic carbocycles. The largest absolute Gasteiger partial charge is 0.489 e. The number of hydrogen-bond donors (Lipinski definition) is 0.